The van der Waals surface area contributed by atoms with Crippen LogP contribution in [-0.4, -0.2) is 51.4 Å². The molecule has 0 aromatic carbocycles. The van der Waals surface area contributed by atoms with Crippen molar-refractivity contribution in [2.75, 3.05) is 19.7 Å². The van der Waals surface area contributed by atoms with Gasteiger partial charge >= 0.3 is 5.97 Å². The molecular weight excluding hydrogens is 236 g/mol. The van der Waals surface area contributed by atoms with E-state index in [1.807, 2.05) is 20.8 Å². The summed E-state index contributed by atoms with van der Waals surface area (Å²) < 4.78 is 7.05. The van der Waals surface area contributed by atoms with Gasteiger partial charge in [0.15, 0.2) is 5.69 Å². The molecule has 0 bridgehead atoms. The maximum absolute atomic E-state index is 10.6. The third kappa shape index (κ3) is 4.80. The fourth-order valence-electron chi connectivity index (χ4n) is 1.53. The highest BCUT2D eigenvalue weighted by Crippen LogP contribution is 2.06. The fraction of sp³-hybridized carbons (Fsp3) is 0.727. The van der Waals surface area contributed by atoms with Gasteiger partial charge in [-0.25, -0.2) is 4.79 Å². The first-order valence-corrected chi connectivity index (χ1v) is 5.93. The van der Waals surface area contributed by atoms with Crippen LogP contribution < -0.4 is 5.32 Å². The molecule has 7 heteroatoms. The minimum atomic E-state index is -1.06. The van der Waals surface area contributed by atoms with Crippen LogP contribution in [0.3, 0.4) is 0 Å². The molecule has 0 spiro atoms. The van der Waals surface area contributed by atoms with Crippen molar-refractivity contribution in [3.63, 3.8) is 0 Å². The summed E-state index contributed by atoms with van der Waals surface area (Å²) in [4.78, 5) is 10.6. The summed E-state index contributed by atoms with van der Waals surface area (Å²) in [6.45, 7) is 8.65. The molecule has 102 valence electrons. The summed E-state index contributed by atoms with van der Waals surface area (Å²) in [7, 11) is 0. The molecule has 0 amide bonds. The normalized spacial score (nSPS) is 11.7. The lowest BCUT2D eigenvalue weighted by atomic mass is 10.1. The Morgan fingerprint density at radius 2 is 2.33 bits per heavy atom. The van der Waals surface area contributed by atoms with Crippen molar-refractivity contribution in [3.8, 4) is 0 Å². The van der Waals surface area contributed by atoms with Crippen LogP contribution in [0.1, 0.15) is 31.3 Å². The van der Waals surface area contributed by atoms with Crippen LogP contribution in [0.4, 0.5) is 0 Å². The van der Waals surface area contributed by atoms with Crippen LogP contribution in [0.15, 0.2) is 6.20 Å². The molecule has 0 saturated heterocycles. The van der Waals surface area contributed by atoms with E-state index >= 15 is 0 Å². The van der Waals surface area contributed by atoms with Gasteiger partial charge in [-0.1, -0.05) is 5.21 Å². The smallest absolute Gasteiger partial charge is 0.358 e. The van der Waals surface area contributed by atoms with Gasteiger partial charge in [-0.05, 0) is 20.8 Å². The number of rotatable bonds is 8. The van der Waals surface area contributed by atoms with Gasteiger partial charge in [-0.3, -0.25) is 4.68 Å². The summed E-state index contributed by atoms with van der Waals surface area (Å²) in [6, 6.07) is 0. The van der Waals surface area contributed by atoms with E-state index in [0.29, 0.717) is 19.7 Å². The van der Waals surface area contributed by atoms with Crippen molar-refractivity contribution in [3.05, 3.63) is 11.9 Å². The minimum absolute atomic E-state index is 0.0374. The SMILES string of the molecule is CCOC(C)(C)CNCCn1cc(C(=O)O)nn1. The molecule has 7 nitrogen and oxygen atoms in total. The number of ether oxygens (including phenoxy) is 1. The third-order valence-electron chi connectivity index (χ3n) is 2.36. The van der Waals surface area contributed by atoms with Crippen LogP contribution in [0, 0.1) is 0 Å². The summed E-state index contributed by atoms with van der Waals surface area (Å²) in [6.07, 6.45) is 1.41. The van der Waals surface area contributed by atoms with Gasteiger partial charge in [0, 0.05) is 19.7 Å². The van der Waals surface area contributed by atoms with Crippen molar-refractivity contribution >= 4 is 5.97 Å². The lowest BCUT2D eigenvalue weighted by Gasteiger charge is -2.24. The Morgan fingerprint density at radius 3 is 2.89 bits per heavy atom. The highest BCUT2D eigenvalue weighted by molar-refractivity contribution is 5.84. The number of carboxylic acids is 1. The number of aromatic carboxylic acids is 1. The molecule has 0 saturated carbocycles. The van der Waals surface area contributed by atoms with Crippen LogP contribution >= 0.6 is 0 Å². The van der Waals surface area contributed by atoms with E-state index in [0.717, 1.165) is 6.54 Å². The Labute approximate surface area is 106 Å². The molecule has 0 radical (unpaired) electrons. The standard InChI is InChI=1S/C11H20N4O3/c1-4-18-11(2,3)8-12-5-6-15-7-9(10(16)17)13-14-15/h7,12H,4-6,8H2,1-3H3,(H,16,17). The molecule has 1 rings (SSSR count). The zero-order chi connectivity index (χ0) is 13.6. The Bertz CT molecular complexity index is 389. The maximum Gasteiger partial charge on any atom is 0.358 e. The van der Waals surface area contributed by atoms with Crippen LogP contribution in [0.2, 0.25) is 0 Å². The average molecular weight is 256 g/mol. The average Bonchev–Trinajstić information content (AvgIpc) is 2.73. The molecule has 1 aromatic heterocycles. The monoisotopic (exact) mass is 256 g/mol. The number of hydrogen-bond acceptors (Lipinski definition) is 5. The van der Waals surface area contributed by atoms with E-state index in [1.54, 1.807) is 0 Å². The molecule has 1 heterocycles. The first kappa shape index (κ1) is 14.6. The van der Waals surface area contributed by atoms with Crippen LogP contribution in [-0.2, 0) is 11.3 Å². The van der Waals surface area contributed by atoms with E-state index in [9.17, 15) is 4.79 Å². The molecule has 0 aliphatic rings. The topological polar surface area (TPSA) is 89.3 Å². The zero-order valence-corrected chi connectivity index (χ0v) is 11.0. The third-order valence-corrected chi connectivity index (χ3v) is 2.36. The first-order valence-electron chi connectivity index (χ1n) is 5.93. The van der Waals surface area contributed by atoms with Crippen molar-refractivity contribution in [2.24, 2.45) is 0 Å². The second kappa shape index (κ2) is 6.46. The van der Waals surface area contributed by atoms with Crippen molar-refractivity contribution in [1.82, 2.24) is 20.3 Å². The molecular formula is C11H20N4O3. The first-order chi connectivity index (χ1) is 8.44. The van der Waals surface area contributed by atoms with Gasteiger partial charge in [0.05, 0.1) is 18.3 Å². The predicted molar refractivity (Wildman–Crippen MR) is 65.6 cm³/mol. The summed E-state index contributed by atoms with van der Waals surface area (Å²) >= 11 is 0. The number of nitrogens with one attached hydrogen (secondary N) is 1. The molecule has 18 heavy (non-hydrogen) atoms. The number of carbonyl (C=O) groups is 1. The van der Waals surface area contributed by atoms with Gasteiger partial charge in [0.25, 0.3) is 0 Å². The van der Waals surface area contributed by atoms with Gasteiger partial charge in [-0.2, -0.15) is 0 Å². The summed E-state index contributed by atoms with van der Waals surface area (Å²) in [5.74, 6) is -1.06. The van der Waals surface area contributed by atoms with Gasteiger partial charge in [0.2, 0.25) is 0 Å². The lowest BCUT2D eigenvalue weighted by molar-refractivity contribution is -0.00878. The molecule has 2 N–H and O–H groups in total. The van der Waals surface area contributed by atoms with Crippen LogP contribution in [0.25, 0.3) is 0 Å². The van der Waals surface area contributed by atoms with Gasteiger partial charge in [0.1, 0.15) is 0 Å². The highest BCUT2D eigenvalue weighted by atomic mass is 16.5. The largest absolute Gasteiger partial charge is 0.476 e. The second-order valence-electron chi connectivity index (χ2n) is 4.54. The fourth-order valence-corrected chi connectivity index (χ4v) is 1.53. The van der Waals surface area contributed by atoms with Crippen molar-refractivity contribution < 1.29 is 14.6 Å². The van der Waals surface area contributed by atoms with E-state index < -0.39 is 5.97 Å². The molecule has 1 aromatic rings. The predicted octanol–water partition coefficient (Wildman–Crippen LogP) is 0.381. The van der Waals surface area contributed by atoms with Gasteiger partial charge < -0.3 is 15.2 Å². The Morgan fingerprint density at radius 1 is 1.61 bits per heavy atom. The molecule has 0 aliphatic heterocycles. The zero-order valence-electron chi connectivity index (χ0n) is 11.0. The van der Waals surface area contributed by atoms with E-state index in [1.165, 1.54) is 10.9 Å². The summed E-state index contributed by atoms with van der Waals surface area (Å²) in [5, 5.41) is 19.2. The van der Waals surface area contributed by atoms with E-state index in [4.69, 9.17) is 9.84 Å². The number of hydrogen-bond donors (Lipinski definition) is 2. The van der Waals surface area contributed by atoms with E-state index in [2.05, 4.69) is 15.6 Å². The number of carboxylic acid groups (broad SMARTS) is 1. The Kier molecular flexibility index (Phi) is 5.24. The molecule has 0 fully saturated rings. The summed E-state index contributed by atoms with van der Waals surface area (Å²) in [5.41, 5.74) is -0.242. The van der Waals surface area contributed by atoms with Crippen molar-refractivity contribution in [2.45, 2.75) is 32.9 Å². The highest BCUT2D eigenvalue weighted by Gasteiger charge is 2.16. The van der Waals surface area contributed by atoms with E-state index in [-0.39, 0.29) is 11.3 Å². The Balaban J connectivity index is 2.27. The minimum Gasteiger partial charge on any atom is -0.476 e. The van der Waals surface area contributed by atoms with Crippen molar-refractivity contribution in [1.29, 1.82) is 0 Å². The molecule has 0 atom stereocenters. The Hall–Kier alpha value is -1.47. The second-order valence-corrected chi connectivity index (χ2v) is 4.54. The number of aromatic nitrogens is 3. The van der Waals surface area contributed by atoms with Gasteiger partial charge in [-0.15, -0.1) is 5.10 Å². The molecule has 0 aliphatic carbocycles. The maximum atomic E-state index is 10.6. The quantitative estimate of drug-likeness (QED) is 0.654. The molecule has 0 unspecified atom stereocenters. The number of nitrogens with zero attached hydrogens (tertiary/aromatic N) is 3. The van der Waals surface area contributed by atoms with Crippen LogP contribution in [0.5, 0.6) is 0 Å². The lowest BCUT2D eigenvalue weighted by Crippen LogP contribution is -2.38.